The molecule has 27 heavy (non-hydrogen) atoms. The summed E-state index contributed by atoms with van der Waals surface area (Å²) in [5.41, 5.74) is 3.66. The minimum absolute atomic E-state index is 0.00774. The zero-order chi connectivity index (χ0) is 19.8. The molecule has 1 aliphatic rings. The van der Waals surface area contributed by atoms with Crippen LogP contribution in [0.3, 0.4) is 0 Å². The zero-order valence-corrected chi connectivity index (χ0v) is 17.0. The number of aryl methyl sites for hydroxylation is 3. The molecule has 0 atom stereocenters. The Balaban J connectivity index is 1.89. The van der Waals surface area contributed by atoms with E-state index in [0.29, 0.717) is 43.3 Å². The van der Waals surface area contributed by atoms with Crippen molar-refractivity contribution in [3.05, 3.63) is 46.3 Å². The maximum Gasteiger partial charge on any atom is 0.246 e. The van der Waals surface area contributed by atoms with Crippen LogP contribution in [0.4, 0.5) is 0 Å². The van der Waals surface area contributed by atoms with Gasteiger partial charge in [-0.3, -0.25) is 9.48 Å². The van der Waals surface area contributed by atoms with E-state index < -0.39 is 10.0 Å². The molecule has 146 valence electrons. The van der Waals surface area contributed by atoms with Gasteiger partial charge in [0, 0.05) is 18.7 Å². The number of aromatic nitrogens is 2. The van der Waals surface area contributed by atoms with E-state index in [0.717, 1.165) is 11.1 Å². The van der Waals surface area contributed by atoms with Crippen molar-refractivity contribution < 1.29 is 17.9 Å². The molecular formula is C19H25N3O4S. The van der Waals surface area contributed by atoms with Gasteiger partial charge in [-0.1, -0.05) is 12.1 Å². The van der Waals surface area contributed by atoms with E-state index in [1.165, 1.54) is 8.99 Å². The molecule has 2 aromatic rings. The molecule has 1 aromatic heterocycles. The van der Waals surface area contributed by atoms with Crippen LogP contribution in [-0.4, -0.2) is 54.6 Å². The van der Waals surface area contributed by atoms with Gasteiger partial charge in [0.05, 0.1) is 24.6 Å². The highest BCUT2D eigenvalue weighted by atomic mass is 32.2. The minimum atomic E-state index is -3.66. The monoisotopic (exact) mass is 391 g/mol. The molecule has 0 amide bonds. The number of benzene rings is 1. The minimum Gasteiger partial charge on any atom is -0.379 e. The number of carbonyl (C=O) groups is 1. The molecule has 0 spiro atoms. The highest BCUT2D eigenvalue weighted by Gasteiger charge is 2.32. The van der Waals surface area contributed by atoms with Gasteiger partial charge in [-0.05, 0) is 44.9 Å². The fourth-order valence-electron chi connectivity index (χ4n) is 3.27. The summed E-state index contributed by atoms with van der Waals surface area (Å²) in [5, 5.41) is 4.34. The number of sulfonamides is 1. The van der Waals surface area contributed by atoms with E-state index in [4.69, 9.17) is 4.74 Å². The highest BCUT2D eigenvalue weighted by molar-refractivity contribution is 7.89. The first-order valence-electron chi connectivity index (χ1n) is 8.94. The molecular weight excluding hydrogens is 366 g/mol. The van der Waals surface area contributed by atoms with Gasteiger partial charge >= 0.3 is 0 Å². The van der Waals surface area contributed by atoms with Gasteiger partial charge in [0.1, 0.15) is 11.4 Å². The normalized spacial score (nSPS) is 15.9. The average Bonchev–Trinajstić information content (AvgIpc) is 2.92. The number of hydrogen-bond acceptors (Lipinski definition) is 5. The fraction of sp³-hybridized carbons (Fsp3) is 0.474. The SMILES string of the molecule is Cc1ccc(C(=O)Cn2nc(C)c(S(=O)(=O)N3CCOCC3)c2C)cc1C. The van der Waals surface area contributed by atoms with Crippen molar-refractivity contribution in [2.75, 3.05) is 26.3 Å². The van der Waals surface area contributed by atoms with E-state index in [9.17, 15) is 13.2 Å². The zero-order valence-electron chi connectivity index (χ0n) is 16.2. The predicted octanol–water partition coefficient (Wildman–Crippen LogP) is 2.02. The second kappa shape index (κ2) is 7.53. The van der Waals surface area contributed by atoms with Gasteiger partial charge < -0.3 is 4.74 Å². The van der Waals surface area contributed by atoms with Gasteiger partial charge in [0.15, 0.2) is 5.78 Å². The van der Waals surface area contributed by atoms with Gasteiger partial charge in [0.2, 0.25) is 10.0 Å². The van der Waals surface area contributed by atoms with E-state index >= 15 is 0 Å². The number of Topliss-reactive ketones (excluding diaryl/α,β-unsaturated/α-hetero) is 1. The molecule has 1 saturated heterocycles. The predicted molar refractivity (Wildman–Crippen MR) is 102 cm³/mol. The molecule has 7 nitrogen and oxygen atoms in total. The molecule has 0 aliphatic carbocycles. The third kappa shape index (κ3) is 3.83. The number of ketones is 1. The van der Waals surface area contributed by atoms with Crippen molar-refractivity contribution in [2.24, 2.45) is 0 Å². The Hall–Kier alpha value is -2.03. The number of rotatable bonds is 5. The summed E-state index contributed by atoms with van der Waals surface area (Å²) >= 11 is 0. The van der Waals surface area contributed by atoms with Crippen LogP contribution in [0.1, 0.15) is 32.9 Å². The number of morpholine rings is 1. The quantitative estimate of drug-likeness (QED) is 0.729. The van der Waals surface area contributed by atoms with Gasteiger partial charge in [-0.25, -0.2) is 8.42 Å². The molecule has 1 aliphatic heterocycles. The van der Waals surface area contributed by atoms with Crippen molar-refractivity contribution in [3.8, 4) is 0 Å². The Morgan fingerprint density at radius 3 is 2.41 bits per heavy atom. The van der Waals surface area contributed by atoms with Gasteiger partial charge in [-0.2, -0.15) is 9.40 Å². The van der Waals surface area contributed by atoms with Crippen LogP contribution in [-0.2, 0) is 21.3 Å². The van der Waals surface area contributed by atoms with Crippen LogP contribution in [0.5, 0.6) is 0 Å². The third-order valence-electron chi connectivity index (χ3n) is 5.01. The Bertz CT molecular complexity index is 973. The lowest BCUT2D eigenvalue weighted by Crippen LogP contribution is -2.41. The Morgan fingerprint density at radius 1 is 1.11 bits per heavy atom. The standard InChI is InChI=1S/C19H25N3O4S/c1-13-5-6-17(11-14(13)2)18(23)12-22-16(4)19(15(3)20-22)27(24,25)21-7-9-26-10-8-21/h5-6,11H,7-10,12H2,1-4H3. The number of carbonyl (C=O) groups excluding carboxylic acids is 1. The molecule has 0 unspecified atom stereocenters. The first-order chi connectivity index (χ1) is 12.7. The topological polar surface area (TPSA) is 81.5 Å². The van der Waals surface area contributed by atoms with E-state index in [1.54, 1.807) is 19.9 Å². The maximum absolute atomic E-state index is 13.0. The summed E-state index contributed by atoms with van der Waals surface area (Å²) in [7, 11) is -3.66. The Morgan fingerprint density at radius 2 is 1.78 bits per heavy atom. The van der Waals surface area contributed by atoms with Crippen LogP contribution in [0, 0.1) is 27.7 Å². The van der Waals surface area contributed by atoms with E-state index in [-0.39, 0.29) is 17.2 Å². The molecule has 0 N–H and O–H groups in total. The molecule has 2 heterocycles. The number of ether oxygens (including phenoxy) is 1. The van der Waals surface area contributed by atoms with Crippen LogP contribution < -0.4 is 0 Å². The van der Waals surface area contributed by atoms with Gasteiger partial charge in [0.25, 0.3) is 0 Å². The summed E-state index contributed by atoms with van der Waals surface area (Å²) < 4.78 is 34.2. The lowest BCUT2D eigenvalue weighted by Gasteiger charge is -2.26. The van der Waals surface area contributed by atoms with Crippen molar-refractivity contribution in [1.82, 2.24) is 14.1 Å². The first-order valence-corrected chi connectivity index (χ1v) is 10.4. The second-order valence-corrected chi connectivity index (χ2v) is 8.77. The lowest BCUT2D eigenvalue weighted by atomic mass is 10.0. The highest BCUT2D eigenvalue weighted by Crippen LogP contribution is 2.24. The van der Waals surface area contributed by atoms with Gasteiger partial charge in [-0.15, -0.1) is 0 Å². The first kappa shape index (κ1) is 19.7. The Labute approximate surface area is 160 Å². The number of hydrogen-bond donors (Lipinski definition) is 0. The second-order valence-electron chi connectivity index (χ2n) is 6.90. The van der Waals surface area contributed by atoms with Crippen LogP contribution in [0.15, 0.2) is 23.1 Å². The van der Waals surface area contributed by atoms with Crippen molar-refractivity contribution in [3.63, 3.8) is 0 Å². The van der Waals surface area contributed by atoms with Crippen LogP contribution >= 0.6 is 0 Å². The van der Waals surface area contributed by atoms with E-state index in [1.807, 2.05) is 26.0 Å². The van der Waals surface area contributed by atoms with Crippen molar-refractivity contribution in [1.29, 1.82) is 0 Å². The Kier molecular flexibility index (Phi) is 5.50. The lowest BCUT2D eigenvalue weighted by molar-refractivity contribution is 0.0730. The molecule has 8 heteroatoms. The summed E-state index contributed by atoms with van der Waals surface area (Å²) in [4.78, 5) is 12.9. The van der Waals surface area contributed by atoms with Crippen molar-refractivity contribution in [2.45, 2.75) is 39.1 Å². The summed E-state index contributed by atoms with van der Waals surface area (Å²) in [5.74, 6) is -0.0981. The largest absolute Gasteiger partial charge is 0.379 e. The average molecular weight is 391 g/mol. The van der Waals surface area contributed by atoms with E-state index in [2.05, 4.69) is 5.10 Å². The summed E-state index contributed by atoms with van der Waals surface area (Å²) in [6.07, 6.45) is 0. The van der Waals surface area contributed by atoms with Crippen molar-refractivity contribution >= 4 is 15.8 Å². The maximum atomic E-state index is 13.0. The molecule has 0 bridgehead atoms. The third-order valence-corrected chi connectivity index (χ3v) is 7.16. The fourth-order valence-corrected chi connectivity index (χ4v) is 5.05. The van der Waals surface area contributed by atoms with Crippen LogP contribution in [0.2, 0.25) is 0 Å². The molecule has 1 aromatic carbocycles. The smallest absolute Gasteiger partial charge is 0.246 e. The molecule has 0 radical (unpaired) electrons. The van der Waals surface area contributed by atoms with Crippen LogP contribution in [0.25, 0.3) is 0 Å². The molecule has 0 saturated carbocycles. The summed E-state index contributed by atoms with van der Waals surface area (Å²) in [6, 6.07) is 5.56. The molecule has 3 rings (SSSR count). The summed E-state index contributed by atoms with van der Waals surface area (Å²) in [6.45, 7) is 8.75. The number of nitrogens with zero attached hydrogens (tertiary/aromatic N) is 3. The molecule has 1 fully saturated rings.